The van der Waals surface area contributed by atoms with E-state index in [2.05, 4.69) is 5.32 Å². The summed E-state index contributed by atoms with van der Waals surface area (Å²) in [7, 11) is 0. The van der Waals surface area contributed by atoms with E-state index in [-0.39, 0.29) is 18.6 Å². The molecular formula is C12H21NO5. The van der Waals surface area contributed by atoms with Crippen LogP contribution < -0.4 is 5.32 Å². The van der Waals surface area contributed by atoms with Crippen LogP contribution >= 0.6 is 0 Å². The summed E-state index contributed by atoms with van der Waals surface area (Å²) in [5.74, 6) is -0.794. The summed E-state index contributed by atoms with van der Waals surface area (Å²) in [4.78, 5) is 21.8. The average molecular weight is 259 g/mol. The van der Waals surface area contributed by atoms with Gasteiger partial charge in [0.15, 0.2) is 0 Å². The molecule has 0 unspecified atom stereocenters. The van der Waals surface area contributed by atoms with Gasteiger partial charge in [0, 0.05) is 12.5 Å². The van der Waals surface area contributed by atoms with E-state index in [4.69, 9.17) is 14.6 Å². The third kappa shape index (κ3) is 5.35. The van der Waals surface area contributed by atoms with Crippen LogP contribution in [0.4, 0.5) is 4.79 Å². The largest absolute Gasteiger partial charge is 0.480 e. The van der Waals surface area contributed by atoms with Crippen LogP contribution in [0.2, 0.25) is 0 Å². The van der Waals surface area contributed by atoms with E-state index >= 15 is 0 Å². The summed E-state index contributed by atoms with van der Waals surface area (Å²) in [6.45, 7) is 5.57. The third-order valence-corrected chi connectivity index (χ3v) is 2.68. The maximum Gasteiger partial charge on any atom is 0.407 e. The van der Waals surface area contributed by atoms with Crippen LogP contribution in [0.3, 0.4) is 0 Å². The van der Waals surface area contributed by atoms with E-state index in [1.807, 2.05) is 0 Å². The molecule has 0 radical (unpaired) electrons. The van der Waals surface area contributed by atoms with Crippen molar-refractivity contribution in [1.82, 2.24) is 5.32 Å². The van der Waals surface area contributed by atoms with E-state index < -0.39 is 17.7 Å². The number of rotatable bonds is 5. The molecule has 0 aromatic rings. The fraction of sp³-hybridized carbons (Fsp3) is 0.833. The second-order valence-electron chi connectivity index (χ2n) is 5.46. The first-order valence-electron chi connectivity index (χ1n) is 6.08. The molecule has 1 fully saturated rings. The van der Waals surface area contributed by atoms with Crippen molar-refractivity contribution in [3.63, 3.8) is 0 Å². The van der Waals surface area contributed by atoms with Gasteiger partial charge in [0.2, 0.25) is 0 Å². The van der Waals surface area contributed by atoms with Crippen molar-refractivity contribution in [3.05, 3.63) is 0 Å². The highest BCUT2D eigenvalue weighted by molar-refractivity contribution is 5.68. The number of hydrogen-bond acceptors (Lipinski definition) is 4. The zero-order valence-electron chi connectivity index (χ0n) is 11.1. The molecule has 1 amide bonds. The molecule has 1 saturated carbocycles. The van der Waals surface area contributed by atoms with Gasteiger partial charge in [-0.1, -0.05) is 0 Å². The van der Waals surface area contributed by atoms with Gasteiger partial charge in [-0.15, -0.1) is 0 Å². The molecule has 2 N–H and O–H groups in total. The molecule has 6 nitrogen and oxygen atoms in total. The minimum absolute atomic E-state index is 0.0731. The van der Waals surface area contributed by atoms with Crippen LogP contribution in [-0.4, -0.2) is 42.0 Å². The maximum absolute atomic E-state index is 11.4. The number of carbonyl (C=O) groups excluding carboxylic acids is 1. The predicted octanol–water partition coefficient (Wildman–Crippen LogP) is 1.39. The Morgan fingerprint density at radius 2 is 2.00 bits per heavy atom. The van der Waals surface area contributed by atoms with E-state index in [0.717, 1.165) is 12.8 Å². The molecule has 0 bridgehead atoms. The van der Waals surface area contributed by atoms with Crippen LogP contribution in [0, 0.1) is 5.92 Å². The summed E-state index contributed by atoms with van der Waals surface area (Å²) in [5.41, 5.74) is -0.511. The van der Waals surface area contributed by atoms with Crippen LogP contribution in [-0.2, 0) is 14.3 Å². The summed E-state index contributed by atoms with van der Waals surface area (Å²) in [6.07, 6.45) is 1.25. The Morgan fingerprint density at radius 1 is 1.33 bits per heavy atom. The number of carbonyl (C=O) groups is 2. The minimum Gasteiger partial charge on any atom is -0.480 e. The van der Waals surface area contributed by atoms with Crippen LogP contribution in [0.5, 0.6) is 0 Å². The highest BCUT2D eigenvalue weighted by atomic mass is 16.6. The first-order valence-corrected chi connectivity index (χ1v) is 6.08. The Bertz CT molecular complexity index is 310. The number of carboxylic acid groups (broad SMARTS) is 1. The third-order valence-electron chi connectivity index (χ3n) is 2.68. The fourth-order valence-electron chi connectivity index (χ4n) is 1.70. The van der Waals surface area contributed by atoms with E-state index in [1.165, 1.54) is 0 Å². The van der Waals surface area contributed by atoms with Crippen molar-refractivity contribution >= 4 is 12.1 Å². The van der Waals surface area contributed by atoms with Crippen LogP contribution in [0.1, 0.15) is 33.6 Å². The van der Waals surface area contributed by atoms with Gasteiger partial charge in [0.1, 0.15) is 12.2 Å². The van der Waals surface area contributed by atoms with Crippen molar-refractivity contribution in [3.8, 4) is 0 Å². The average Bonchev–Trinajstić information content (AvgIpc) is 2.12. The van der Waals surface area contributed by atoms with E-state index in [0.29, 0.717) is 6.54 Å². The first kappa shape index (κ1) is 14.8. The first-order chi connectivity index (χ1) is 8.28. The Labute approximate surface area is 107 Å². The normalized spacial score (nSPS) is 23.1. The number of amides is 1. The highest BCUT2D eigenvalue weighted by Gasteiger charge is 2.32. The predicted molar refractivity (Wildman–Crippen MR) is 64.3 cm³/mol. The summed E-state index contributed by atoms with van der Waals surface area (Å²) in [6, 6.07) is 0. The van der Waals surface area contributed by atoms with Gasteiger partial charge in [-0.3, -0.25) is 0 Å². The zero-order valence-corrected chi connectivity index (χ0v) is 11.1. The Balaban J connectivity index is 2.19. The van der Waals surface area contributed by atoms with Crippen molar-refractivity contribution in [2.45, 2.75) is 45.3 Å². The molecule has 1 rings (SSSR count). The van der Waals surface area contributed by atoms with Gasteiger partial charge in [-0.05, 0) is 33.6 Å². The number of hydrogen-bond donors (Lipinski definition) is 2. The molecule has 0 aromatic carbocycles. The molecule has 0 aliphatic heterocycles. The molecule has 104 valence electrons. The van der Waals surface area contributed by atoms with Gasteiger partial charge in [-0.2, -0.15) is 0 Å². The number of nitrogens with one attached hydrogen (secondary N) is 1. The molecule has 18 heavy (non-hydrogen) atoms. The van der Waals surface area contributed by atoms with Crippen LogP contribution in [0.25, 0.3) is 0 Å². The minimum atomic E-state index is -0.972. The van der Waals surface area contributed by atoms with Crippen molar-refractivity contribution in [1.29, 1.82) is 0 Å². The fourth-order valence-corrected chi connectivity index (χ4v) is 1.70. The van der Waals surface area contributed by atoms with Gasteiger partial charge in [-0.25, -0.2) is 9.59 Å². The number of alkyl carbamates (subject to hydrolysis) is 1. The number of carboxylic acids is 1. The molecule has 1 aliphatic carbocycles. The molecule has 6 heteroatoms. The second kappa shape index (κ2) is 6.04. The van der Waals surface area contributed by atoms with Crippen LogP contribution in [0.15, 0.2) is 0 Å². The zero-order chi connectivity index (χ0) is 13.8. The lowest BCUT2D eigenvalue weighted by Crippen LogP contribution is -2.44. The summed E-state index contributed by atoms with van der Waals surface area (Å²) in [5, 5.41) is 11.2. The monoisotopic (exact) mass is 259 g/mol. The Kier molecular flexibility index (Phi) is 4.95. The molecule has 0 aromatic heterocycles. The number of ether oxygens (including phenoxy) is 2. The standard InChI is InChI=1S/C12H21NO5/c1-12(2,3)18-11(16)13-6-8-4-5-9(8)17-7-10(14)15/h8-9H,4-7H2,1-3H3,(H,13,16)(H,14,15)/t8-,9+/m1/s1. The van der Waals surface area contributed by atoms with Gasteiger partial charge in [0.25, 0.3) is 0 Å². The lowest BCUT2D eigenvalue weighted by molar-refractivity contribution is -0.148. The Morgan fingerprint density at radius 3 is 2.44 bits per heavy atom. The molecule has 2 atom stereocenters. The molecular weight excluding hydrogens is 238 g/mol. The lowest BCUT2D eigenvalue weighted by Gasteiger charge is -2.36. The number of aliphatic carboxylic acids is 1. The van der Waals surface area contributed by atoms with Gasteiger partial charge in [0.05, 0.1) is 6.10 Å². The molecule has 0 heterocycles. The lowest BCUT2D eigenvalue weighted by atomic mass is 9.82. The summed E-state index contributed by atoms with van der Waals surface area (Å²) >= 11 is 0. The van der Waals surface area contributed by atoms with E-state index in [9.17, 15) is 9.59 Å². The van der Waals surface area contributed by atoms with Crippen molar-refractivity contribution < 1.29 is 24.2 Å². The smallest absolute Gasteiger partial charge is 0.407 e. The second-order valence-corrected chi connectivity index (χ2v) is 5.46. The quantitative estimate of drug-likeness (QED) is 0.779. The highest BCUT2D eigenvalue weighted by Crippen LogP contribution is 2.29. The van der Waals surface area contributed by atoms with Gasteiger partial charge < -0.3 is 19.9 Å². The Hall–Kier alpha value is -1.30. The molecule has 1 aliphatic rings. The molecule has 0 saturated heterocycles. The SMILES string of the molecule is CC(C)(C)OC(=O)NC[C@H]1CC[C@@H]1OCC(=O)O. The van der Waals surface area contributed by atoms with Gasteiger partial charge >= 0.3 is 12.1 Å². The topological polar surface area (TPSA) is 84.9 Å². The van der Waals surface area contributed by atoms with E-state index in [1.54, 1.807) is 20.8 Å². The molecule has 0 spiro atoms. The summed E-state index contributed by atoms with van der Waals surface area (Å²) < 4.78 is 10.3. The van der Waals surface area contributed by atoms with Crippen molar-refractivity contribution in [2.24, 2.45) is 5.92 Å². The maximum atomic E-state index is 11.4. The van der Waals surface area contributed by atoms with Crippen molar-refractivity contribution in [2.75, 3.05) is 13.2 Å².